The van der Waals surface area contributed by atoms with E-state index in [0.717, 1.165) is 0 Å². The first kappa shape index (κ1) is 14.0. The van der Waals surface area contributed by atoms with Crippen molar-refractivity contribution in [1.29, 1.82) is 0 Å². The van der Waals surface area contributed by atoms with E-state index < -0.39 is 11.9 Å². The Labute approximate surface area is 119 Å². The van der Waals surface area contributed by atoms with E-state index in [-0.39, 0.29) is 21.9 Å². The molecule has 1 aromatic carbocycles. The summed E-state index contributed by atoms with van der Waals surface area (Å²) in [6, 6.07) is 3.82. The molecular weight excluding hydrogens is 315 g/mol. The minimum atomic E-state index is -0.489. The molecule has 1 fully saturated rings. The second kappa shape index (κ2) is 5.69. The van der Waals surface area contributed by atoms with E-state index in [9.17, 15) is 14.0 Å². The lowest BCUT2D eigenvalue weighted by atomic mass is 10.1. The second-order valence-corrected chi connectivity index (χ2v) is 5.11. The van der Waals surface area contributed by atoms with Crippen LogP contribution in [0.4, 0.5) is 4.39 Å². The molecule has 2 amide bonds. The highest BCUT2D eigenvalue weighted by atomic mass is 79.9. The van der Waals surface area contributed by atoms with Crippen LogP contribution in [0.1, 0.15) is 23.7 Å². The lowest BCUT2D eigenvalue weighted by Crippen LogP contribution is -2.56. The molecule has 0 bridgehead atoms. The van der Waals surface area contributed by atoms with Crippen molar-refractivity contribution < 1.29 is 14.0 Å². The number of hydrogen-bond acceptors (Lipinski definition) is 2. The van der Waals surface area contributed by atoms with E-state index in [1.807, 2.05) is 6.92 Å². The van der Waals surface area contributed by atoms with E-state index in [0.29, 0.717) is 19.5 Å². The van der Waals surface area contributed by atoms with E-state index in [1.165, 1.54) is 17.0 Å². The van der Waals surface area contributed by atoms with Crippen LogP contribution in [0, 0.1) is 5.82 Å². The summed E-state index contributed by atoms with van der Waals surface area (Å²) < 4.78 is 13.6. The molecule has 1 N–H and O–H groups in total. The maximum Gasteiger partial charge on any atom is 0.255 e. The van der Waals surface area contributed by atoms with Crippen LogP contribution in [0.25, 0.3) is 0 Å². The molecule has 0 radical (unpaired) electrons. The SMILES string of the molecule is CCC1C(=O)NCCN1C(=O)c1cccc(F)c1Br. The fourth-order valence-electron chi connectivity index (χ4n) is 2.19. The molecule has 0 aromatic heterocycles. The quantitative estimate of drug-likeness (QED) is 0.901. The largest absolute Gasteiger partial charge is 0.353 e. The van der Waals surface area contributed by atoms with Gasteiger partial charge in [0.25, 0.3) is 5.91 Å². The number of rotatable bonds is 2. The molecule has 0 aliphatic carbocycles. The van der Waals surface area contributed by atoms with Crippen molar-refractivity contribution in [1.82, 2.24) is 10.2 Å². The zero-order valence-corrected chi connectivity index (χ0v) is 12.0. The fraction of sp³-hybridized carbons (Fsp3) is 0.385. The zero-order valence-electron chi connectivity index (χ0n) is 10.5. The Morgan fingerprint density at radius 3 is 3.00 bits per heavy atom. The minimum Gasteiger partial charge on any atom is -0.353 e. The summed E-state index contributed by atoms with van der Waals surface area (Å²) in [5, 5.41) is 2.73. The summed E-state index contributed by atoms with van der Waals surface area (Å²) in [7, 11) is 0. The van der Waals surface area contributed by atoms with Crippen LogP contribution in [0.3, 0.4) is 0 Å². The number of carbonyl (C=O) groups excluding carboxylic acids is 2. The molecule has 0 spiro atoms. The molecule has 1 unspecified atom stereocenters. The Morgan fingerprint density at radius 2 is 2.32 bits per heavy atom. The van der Waals surface area contributed by atoms with E-state index >= 15 is 0 Å². The van der Waals surface area contributed by atoms with Crippen molar-refractivity contribution in [2.75, 3.05) is 13.1 Å². The van der Waals surface area contributed by atoms with E-state index in [4.69, 9.17) is 0 Å². The van der Waals surface area contributed by atoms with Crippen LogP contribution < -0.4 is 5.32 Å². The lowest BCUT2D eigenvalue weighted by Gasteiger charge is -2.34. The molecule has 6 heteroatoms. The van der Waals surface area contributed by atoms with Crippen LogP contribution in [0.15, 0.2) is 22.7 Å². The van der Waals surface area contributed by atoms with Gasteiger partial charge < -0.3 is 10.2 Å². The first-order valence-electron chi connectivity index (χ1n) is 6.09. The Bertz CT molecular complexity index is 521. The summed E-state index contributed by atoms with van der Waals surface area (Å²) >= 11 is 3.08. The Balaban J connectivity index is 2.32. The maximum atomic E-state index is 13.5. The molecule has 1 saturated heterocycles. The number of hydrogen-bond donors (Lipinski definition) is 1. The zero-order chi connectivity index (χ0) is 14.0. The molecule has 102 valence electrons. The van der Waals surface area contributed by atoms with Crippen molar-refractivity contribution in [2.45, 2.75) is 19.4 Å². The highest BCUT2D eigenvalue weighted by molar-refractivity contribution is 9.10. The van der Waals surface area contributed by atoms with Crippen molar-refractivity contribution in [3.05, 3.63) is 34.1 Å². The van der Waals surface area contributed by atoms with Gasteiger partial charge in [-0.05, 0) is 34.5 Å². The number of carbonyl (C=O) groups is 2. The smallest absolute Gasteiger partial charge is 0.255 e. The van der Waals surface area contributed by atoms with Crippen molar-refractivity contribution >= 4 is 27.7 Å². The van der Waals surface area contributed by atoms with E-state index in [2.05, 4.69) is 21.2 Å². The third kappa shape index (κ3) is 2.63. The van der Waals surface area contributed by atoms with Gasteiger partial charge in [-0.1, -0.05) is 13.0 Å². The molecule has 1 heterocycles. The van der Waals surface area contributed by atoms with E-state index in [1.54, 1.807) is 6.07 Å². The van der Waals surface area contributed by atoms with Gasteiger partial charge in [0, 0.05) is 13.1 Å². The van der Waals surface area contributed by atoms with Gasteiger partial charge in [0.05, 0.1) is 10.0 Å². The van der Waals surface area contributed by atoms with Crippen LogP contribution >= 0.6 is 15.9 Å². The predicted octanol–water partition coefficient (Wildman–Crippen LogP) is 1.94. The first-order chi connectivity index (χ1) is 9.06. The molecule has 19 heavy (non-hydrogen) atoms. The highest BCUT2D eigenvalue weighted by Gasteiger charge is 2.33. The fourth-order valence-corrected chi connectivity index (χ4v) is 2.62. The van der Waals surface area contributed by atoms with Crippen molar-refractivity contribution in [3.63, 3.8) is 0 Å². The molecule has 0 saturated carbocycles. The van der Waals surface area contributed by atoms with Gasteiger partial charge in [-0.25, -0.2) is 4.39 Å². The average molecular weight is 329 g/mol. The first-order valence-corrected chi connectivity index (χ1v) is 6.88. The topological polar surface area (TPSA) is 49.4 Å². The minimum absolute atomic E-state index is 0.140. The Hall–Kier alpha value is -1.43. The molecule has 1 aliphatic rings. The van der Waals surface area contributed by atoms with Gasteiger partial charge in [-0.15, -0.1) is 0 Å². The van der Waals surface area contributed by atoms with Crippen LogP contribution in [0.2, 0.25) is 0 Å². The standard InChI is InChI=1S/C13H14BrFN2O2/c1-2-10-12(18)16-6-7-17(10)13(19)8-4-3-5-9(15)11(8)14/h3-5,10H,2,6-7H2,1H3,(H,16,18). The van der Waals surface area contributed by atoms with Gasteiger partial charge in [0.15, 0.2) is 0 Å². The van der Waals surface area contributed by atoms with Gasteiger partial charge in [-0.2, -0.15) is 0 Å². The van der Waals surface area contributed by atoms with Gasteiger partial charge in [-0.3, -0.25) is 9.59 Å². The summed E-state index contributed by atoms with van der Waals surface area (Å²) in [5.41, 5.74) is 0.244. The number of nitrogens with zero attached hydrogens (tertiary/aromatic N) is 1. The van der Waals surface area contributed by atoms with Gasteiger partial charge >= 0.3 is 0 Å². The third-order valence-corrected chi connectivity index (χ3v) is 3.97. The number of piperazine rings is 1. The van der Waals surface area contributed by atoms with Crippen molar-refractivity contribution in [2.24, 2.45) is 0 Å². The lowest BCUT2D eigenvalue weighted by molar-refractivity contribution is -0.127. The summed E-state index contributed by atoms with van der Waals surface area (Å²) in [6.07, 6.45) is 0.532. The van der Waals surface area contributed by atoms with Gasteiger partial charge in [0.2, 0.25) is 5.91 Å². The molecule has 1 aromatic rings. The molecule has 1 atom stereocenters. The number of halogens is 2. The average Bonchev–Trinajstić information content (AvgIpc) is 2.41. The monoisotopic (exact) mass is 328 g/mol. The van der Waals surface area contributed by atoms with Crippen LogP contribution in [-0.4, -0.2) is 35.8 Å². The summed E-state index contributed by atoms with van der Waals surface area (Å²) in [6.45, 7) is 2.70. The summed E-state index contributed by atoms with van der Waals surface area (Å²) in [4.78, 5) is 25.7. The normalized spacial score (nSPS) is 19.2. The Morgan fingerprint density at radius 1 is 1.58 bits per heavy atom. The molecular formula is C13H14BrFN2O2. The number of nitrogens with one attached hydrogen (secondary N) is 1. The number of benzene rings is 1. The Kier molecular flexibility index (Phi) is 4.19. The maximum absolute atomic E-state index is 13.5. The molecule has 1 aliphatic heterocycles. The van der Waals surface area contributed by atoms with Crippen molar-refractivity contribution in [3.8, 4) is 0 Å². The predicted molar refractivity (Wildman–Crippen MR) is 72.2 cm³/mol. The van der Waals surface area contributed by atoms with Crippen LogP contribution in [0.5, 0.6) is 0 Å². The highest BCUT2D eigenvalue weighted by Crippen LogP contribution is 2.23. The van der Waals surface area contributed by atoms with Gasteiger partial charge in [0.1, 0.15) is 11.9 Å². The molecule has 2 rings (SSSR count). The number of amides is 2. The third-order valence-electron chi connectivity index (χ3n) is 3.16. The molecule has 4 nitrogen and oxygen atoms in total. The van der Waals surface area contributed by atoms with Crippen LogP contribution in [-0.2, 0) is 4.79 Å². The second-order valence-electron chi connectivity index (χ2n) is 4.31. The summed E-state index contributed by atoms with van der Waals surface area (Å²) in [5.74, 6) is -0.969.